The molecule has 0 aliphatic heterocycles. The van der Waals surface area contributed by atoms with E-state index >= 15 is 0 Å². The van der Waals surface area contributed by atoms with E-state index in [4.69, 9.17) is 22.7 Å². The van der Waals surface area contributed by atoms with Crippen molar-refractivity contribution in [3.05, 3.63) is 29.3 Å². The van der Waals surface area contributed by atoms with E-state index in [-0.39, 0.29) is 0 Å². The van der Waals surface area contributed by atoms with Gasteiger partial charge in [-0.3, -0.25) is 0 Å². The van der Waals surface area contributed by atoms with Gasteiger partial charge in [0.05, 0.1) is 0 Å². The Morgan fingerprint density at radius 1 is 1.47 bits per heavy atom. The van der Waals surface area contributed by atoms with Gasteiger partial charge in [-0.2, -0.15) is 0 Å². The fourth-order valence-electron chi connectivity index (χ4n) is 1.56. The average molecular weight is 252 g/mol. The van der Waals surface area contributed by atoms with Crippen LogP contribution < -0.4 is 11.1 Å². The summed E-state index contributed by atoms with van der Waals surface area (Å²) in [6.07, 6.45) is 1.00. The zero-order valence-corrected chi connectivity index (χ0v) is 11.3. The summed E-state index contributed by atoms with van der Waals surface area (Å²) in [5.41, 5.74) is 8.78. The summed E-state index contributed by atoms with van der Waals surface area (Å²) in [6.45, 7) is 6.54. The van der Waals surface area contributed by atoms with Crippen LogP contribution in [0.25, 0.3) is 0 Å². The predicted molar refractivity (Wildman–Crippen MR) is 76.7 cm³/mol. The van der Waals surface area contributed by atoms with Gasteiger partial charge in [-0.25, -0.2) is 0 Å². The number of hydrogen-bond acceptors (Lipinski definition) is 3. The Labute approximate surface area is 108 Å². The van der Waals surface area contributed by atoms with Crippen LogP contribution in [0.1, 0.15) is 24.5 Å². The molecule has 94 valence electrons. The molecule has 3 nitrogen and oxygen atoms in total. The zero-order chi connectivity index (χ0) is 12.7. The molecular formula is C13H20N2OS. The molecular weight excluding hydrogens is 232 g/mol. The molecule has 1 aromatic carbocycles. The molecule has 1 aromatic rings. The molecule has 0 spiro atoms. The fraction of sp³-hybridized carbons (Fsp3) is 0.462. The lowest BCUT2D eigenvalue weighted by Gasteiger charge is -2.10. The zero-order valence-electron chi connectivity index (χ0n) is 10.5. The monoisotopic (exact) mass is 252 g/mol. The van der Waals surface area contributed by atoms with Crippen molar-refractivity contribution in [2.24, 2.45) is 5.73 Å². The lowest BCUT2D eigenvalue weighted by molar-refractivity contribution is 0.147. The van der Waals surface area contributed by atoms with Crippen molar-refractivity contribution in [1.29, 1.82) is 0 Å². The Hall–Kier alpha value is -1.13. The third-order valence-electron chi connectivity index (χ3n) is 2.50. The van der Waals surface area contributed by atoms with Crippen LogP contribution >= 0.6 is 12.2 Å². The molecule has 0 saturated carbocycles. The molecule has 0 aliphatic carbocycles. The summed E-state index contributed by atoms with van der Waals surface area (Å²) in [5, 5.41) is 3.37. The van der Waals surface area contributed by atoms with Crippen molar-refractivity contribution in [3.63, 3.8) is 0 Å². The number of nitrogens with one attached hydrogen (secondary N) is 1. The number of nitrogens with two attached hydrogens (primary N) is 1. The number of hydrogen-bond donors (Lipinski definition) is 2. The van der Waals surface area contributed by atoms with Gasteiger partial charge in [0, 0.05) is 31.0 Å². The highest BCUT2D eigenvalue weighted by Gasteiger charge is 2.01. The summed E-state index contributed by atoms with van der Waals surface area (Å²) in [4.78, 5) is 0.441. The largest absolute Gasteiger partial charge is 0.389 e. The molecule has 0 amide bonds. The molecule has 17 heavy (non-hydrogen) atoms. The minimum atomic E-state index is 0.441. The van der Waals surface area contributed by atoms with Crippen LogP contribution in [0.5, 0.6) is 0 Å². The summed E-state index contributed by atoms with van der Waals surface area (Å²) in [5.74, 6) is 0. The van der Waals surface area contributed by atoms with E-state index in [9.17, 15) is 0 Å². The molecule has 0 unspecified atom stereocenters. The number of rotatable bonds is 7. The molecule has 4 heteroatoms. The molecule has 0 fully saturated rings. The lowest BCUT2D eigenvalue weighted by Crippen LogP contribution is -2.11. The highest BCUT2D eigenvalue weighted by atomic mass is 32.1. The molecule has 0 bridgehead atoms. The van der Waals surface area contributed by atoms with Crippen LogP contribution in [0.15, 0.2) is 18.2 Å². The highest BCUT2D eigenvalue weighted by molar-refractivity contribution is 7.80. The topological polar surface area (TPSA) is 47.3 Å². The van der Waals surface area contributed by atoms with E-state index in [1.807, 2.05) is 32.0 Å². The average Bonchev–Trinajstić information content (AvgIpc) is 2.30. The first kappa shape index (κ1) is 13.9. The lowest BCUT2D eigenvalue weighted by atomic mass is 10.1. The van der Waals surface area contributed by atoms with E-state index in [1.54, 1.807) is 0 Å². The molecule has 0 aromatic heterocycles. The number of thiocarbonyl (C=S) groups is 1. The summed E-state index contributed by atoms with van der Waals surface area (Å²) >= 11 is 4.94. The van der Waals surface area contributed by atoms with Gasteiger partial charge in [0.15, 0.2) is 0 Å². The van der Waals surface area contributed by atoms with Crippen LogP contribution in [0.3, 0.4) is 0 Å². The molecule has 0 saturated heterocycles. The predicted octanol–water partition coefficient (Wildman–Crippen LogP) is 2.47. The summed E-state index contributed by atoms with van der Waals surface area (Å²) < 4.78 is 5.28. The summed E-state index contributed by atoms with van der Waals surface area (Å²) in [6, 6.07) is 5.97. The van der Waals surface area contributed by atoms with Crippen molar-refractivity contribution in [3.8, 4) is 0 Å². The van der Waals surface area contributed by atoms with Gasteiger partial charge in [-0.1, -0.05) is 12.2 Å². The van der Waals surface area contributed by atoms with Gasteiger partial charge in [0.2, 0.25) is 0 Å². The van der Waals surface area contributed by atoms with Crippen LogP contribution in [0, 0.1) is 6.92 Å². The van der Waals surface area contributed by atoms with Crippen LogP contribution in [-0.4, -0.2) is 24.7 Å². The maximum atomic E-state index is 5.58. The third kappa shape index (κ3) is 4.71. The minimum absolute atomic E-state index is 0.441. The van der Waals surface area contributed by atoms with Crippen molar-refractivity contribution < 1.29 is 4.74 Å². The molecule has 0 aliphatic rings. The molecule has 0 atom stereocenters. The smallest absolute Gasteiger partial charge is 0.103 e. The Bertz CT molecular complexity index is 380. The third-order valence-corrected chi connectivity index (χ3v) is 2.73. The highest BCUT2D eigenvalue weighted by Crippen LogP contribution is 2.16. The van der Waals surface area contributed by atoms with Crippen LogP contribution in [-0.2, 0) is 4.74 Å². The number of ether oxygens (including phenoxy) is 1. The standard InChI is InChI=1S/C13H20N2OS/c1-3-16-8-4-7-15-12-6-5-11(13(14)17)9-10(12)2/h5-6,9,15H,3-4,7-8H2,1-2H3,(H2,14,17). The SMILES string of the molecule is CCOCCCNc1ccc(C(N)=S)cc1C. The molecule has 3 N–H and O–H groups in total. The second-order valence-corrected chi connectivity index (χ2v) is 4.31. The van der Waals surface area contributed by atoms with Crippen molar-refractivity contribution >= 4 is 22.9 Å². The number of benzene rings is 1. The van der Waals surface area contributed by atoms with Crippen molar-refractivity contribution in [2.45, 2.75) is 20.3 Å². The van der Waals surface area contributed by atoms with Gasteiger partial charge in [0.1, 0.15) is 4.99 Å². The van der Waals surface area contributed by atoms with Crippen LogP contribution in [0.2, 0.25) is 0 Å². The fourth-order valence-corrected chi connectivity index (χ4v) is 1.68. The van der Waals surface area contributed by atoms with Gasteiger partial charge in [-0.05, 0) is 44.0 Å². The minimum Gasteiger partial charge on any atom is -0.389 e. The maximum absolute atomic E-state index is 5.58. The van der Waals surface area contributed by atoms with E-state index in [0.29, 0.717) is 4.99 Å². The van der Waals surface area contributed by atoms with Crippen LogP contribution in [0.4, 0.5) is 5.69 Å². The Kier molecular flexibility index (Phi) is 5.94. The van der Waals surface area contributed by atoms with Crippen molar-refractivity contribution in [2.75, 3.05) is 25.1 Å². The maximum Gasteiger partial charge on any atom is 0.103 e. The van der Waals surface area contributed by atoms with Gasteiger partial charge < -0.3 is 15.8 Å². The Morgan fingerprint density at radius 2 is 2.24 bits per heavy atom. The second kappa shape index (κ2) is 7.25. The Morgan fingerprint density at radius 3 is 2.82 bits per heavy atom. The van der Waals surface area contributed by atoms with E-state index < -0.39 is 0 Å². The Balaban J connectivity index is 2.46. The van der Waals surface area contributed by atoms with Gasteiger partial charge in [0.25, 0.3) is 0 Å². The molecule has 0 heterocycles. The molecule has 0 radical (unpaired) electrons. The van der Waals surface area contributed by atoms with E-state index in [2.05, 4.69) is 5.32 Å². The van der Waals surface area contributed by atoms with E-state index in [1.165, 1.54) is 0 Å². The first-order chi connectivity index (χ1) is 8.15. The van der Waals surface area contributed by atoms with Gasteiger partial charge in [-0.15, -0.1) is 0 Å². The first-order valence-corrected chi connectivity index (χ1v) is 6.28. The second-order valence-electron chi connectivity index (χ2n) is 3.87. The van der Waals surface area contributed by atoms with E-state index in [0.717, 1.165) is 43.0 Å². The van der Waals surface area contributed by atoms with Crippen molar-refractivity contribution in [1.82, 2.24) is 0 Å². The molecule has 1 rings (SSSR count). The number of aryl methyl sites for hydroxylation is 1. The van der Waals surface area contributed by atoms with Gasteiger partial charge >= 0.3 is 0 Å². The summed E-state index contributed by atoms with van der Waals surface area (Å²) in [7, 11) is 0. The quantitative estimate of drug-likeness (QED) is 0.578. The first-order valence-electron chi connectivity index (χ1n) is 5.87. The normalized spacial score (nSPS) is 10.2. The number of anilines is 1.